The Labute approximate surface area is 168 Å². The van der Waals surface area contributed by atoms with Crippen LogP contribution in [-0.2, 0) is 12.8 Å². The zero-order chi connectivity index (χ0) is 18.9. The molecule has 0 aliphatic heterocycles. The maximum Gasteiger partial charge on any atom is 0.229 e. The summed E-state index contributed by atoms with van der Waals surface area (Å²) in [6, 6.07) is 22.0. The lowest BCUT2D eigenvalue weighted by Crippen LogP contribution is -2.11. The summed E-state index contributed by atoms with van der Waals surface area (Å²) in [5.74, 6) is 1.29. The molecule has 28 heavy (non-hydrogen) atoms. The molecule has 4 nitrogen and oxygen atoms in total. The highest BCUT2D eigenvalue weighted by Gasteiger charge is 2.24. The van der Waals surface area contributed by atoms with Crippen LogP contribution in [0.25, 0.3) is 22.4 Å². The van der Waals surface area contributed by atoms with Crippen LogP contribution in [0, 0.1) is 0 Å². The van der Waals surface area contributed by atoms with Crippen molar-refractivity contribution in [1.82, 2.24) is 15.0 Å². The third-order valence-electron chi connectivity index (χ3n) is 4.90. The highest BCUT2D eigenvalue weighted by Crippen LogP contribution is 2.40. The lowest BCUT2D eigenvalue weighted by Gasteiger charge is -2.23. The van der Waals surface area contributed by atoms with Crippen molar-refractivity contribution in [3.05, 3.63) is 89.2 Å². The number of hydrogen-bond acceptors (Lipinski definition) is 4. The van der Waals surface area contributed by atoms with Gasteiger partial charge in [-0.15, -0.1) is 0 Å². The Morgan fingerprint density at radius 2 is 1.71 bits per heavy atom. The van der Waals surface area contributed by atoms with Gasteiger partial charge in [0.05, 0.1) is 11.4 Å². The quantitative estimate of drug-likeness (QED) is 0.492. The summed E-state index contributed by atoms with van der Waals surface area (Å²) >= 11 is 6.23. The first kappa shape index (κ1) is 16.9. The van der Waals surface area contributed by atoms with Crippen LogP contribution in [0.2, 0.25) is 5.02 Å². The predicted octanol–water partition coefficient (Wildman–Crippen LogP) is 5.70. The Bertz CT molecular complexity index is 1140. The van der Waals surface area contributed by atoms with Crippen molar-refractivity contribution in [2.24, 2.45) is 0 Å². The number of aryl methyl sites for hydroxylation is 2. The predicted molar refractivity (Wildman–Crippen MR) is 113 cm³/mol. The SMILES string of the molecule is Clc1ccc2c(c1)CCc1nc(Nc3ccccn3)nc(-c3ccccc3)c1-2. The summed E-state index contributed by atoms with van der Waals surface area (Å²) < 4.78 is 0. The van der Waals surface area contributed by atoms with E-state index in [-0.39, 0.29) is 0 Å². The van der Waals surface area contributed by atoms with Crippen molar-refractivity contribution >= 4 is 23.4 Å². The molecular formula is C23H17ClN4. The van der Waals surface area contributed by atoms with E-state index in [1.54, 1.807) is 6.20 Å². The molecule has 1 N–H and O–H groups in total. The molecule has 0 saturated heterocycles. The van der Waals surface area contributed by atoms with E-state index in [0.29, 0.717) is 5.95 Å². The molecule has 0 unspecified atom stereocenters. The number of nitrogens with zero attached hydrogens (tertiary/aromatic N) is 3. The van der Waals surface area contributed by atoms with Crippen molar-refractivity contribution in [3.8, 4) is 22.4 Å². The van der Waals surface area contributed by atoms with Gasteiger partial charge in [0.15, 0.2) is 0 Å². The van der Waals surface area contributed by atoms with Crippen LogP contribution in [0.1, 0.15) is 11.3 Å². The van der Waals surface area contributed by atoms with Gasteiger partial charge in [0.1, 0.15) is 5.82 Å². The number of aromatic nitrogens is 3. The average Bonchev–Trinajstić information content (AvgIpc) is 2.74. The molecule has 0 fully saturated rings. The van der Waals surface area contributed by atoms with E-state index in [9.17, 15) is 0 Å². The van der Waals surface area contributed by atoms with E-state index < -0.39 is 0 Å². The molecule has 0 saturated carbocycles. The number of rotatable bonds is 3. The Hall–Kier alpha value is -3.24. The first-order valence-corrected chi connectivity index (χ1v) is 9.59. The number of benzene rings is 2. The van der Waals surface area contributed by atoms with E-state index in [4.69, 9.17) is 21.6 Å². The fourth-order valence-corrected chi connectivity index (χ4v) is 3.84. The molecule has 2 aromatic carbocycles. The molecule has 136 valence electrons. The van der Waals surface area contributed by atoms with E-state index in [1.165, 1.54) is 5.56 Å². The topological polar surface area (TPSA) is 50.7 Å². The smallest absolute Gasteiger partial charge is 0.229 e. The third-order valence-corrected chi connectivity index (χ3v) is 5.14. The molecule has 5 rings (SSSR count). The van der Waals surface area contributed by atoms with E-state index in [1.807, 2.05) is 42.5 Å². The molecule has 4 aromatic rings. The van der Waals surface area contributed by atoms with Gasteiger partial charge < -0.3 is 5.32 Å². The normalized spacial score (nSPS) is 12.2. The first-order chi connectivity index (χ1) is 13.8. The molecule has 0 spiro atoms. The molecule has 0 radical (unpaired) electrons. The van der Waals surface area contributed by atoms with Crippen molar-refractivity contribution < 1.29 is 0 Å². The average molecular weight is 385 g/mol. The zero-order valence-electron chi connectivity index (χ0n) is 15.1. The molecule has 2 aromatic heterocycles. The minimum Gasteiger partial charge on any atom is -0.309 e. The summed E-state index contributed by atoms with van der Waals surface area (Å²) in [4.78, 5) is 14.0. The Balaban J connectivity index is 1.70. The standard InChI is InChI=1S/C23H17ClN4/c24-17-10-11-18-16(14-17)9-12-19-21(18)22(15-6-2-1-3-7-15)28-23(26-19)27-20-8-4-5-13-25-20/h1-8,10-11,13-14H,9,12H2,(H,25,26,27,28). The van der Waals surface area contributed by atoms with Crippen LogP contribution in [0.15, 0.2) is 72.9 Å². The maximum atomic E-state index is 6.23. The molecule has 0 atom stereocenters. The van der Waals surface area contributed by atoms with E-state index in [2.05, 4.69) is 34.6 Å². The number of anilines is 2. The van der Waals surface area contributed by atoms with Crippen molar-refractivity contribution in [3.63, 3.8) is 0 Å². The second-order valence-electron chi connectivity index (χ2n) is 6.72. The monoisotopic (exact) mass is 384 g/mol. The van der Waals surface area contributed by atoms with Crippen molar-refractivity contribution in [2.75, 3.05) is 5.32 Å². The molecule has 5 heteroatoms. The minimum atomic E-state index is 0.564. The number of halogens is 1. The summed E-state index contributed by atoms with van der Waals surface area (Å²) in [6.45, 7) is 0. The second kappa shape index (κ2) is 7.06. The summed E-state index contributed by atoms with van der Waals surface area (Å²) in [5.41, 5.74) is 6.53. The van der Waals surface area contributed by atoms with Gasteiger partial charge in [-0.3, -0.25) is 0 Å². The van der Waals surface area contributed by atoms with Crippen LogP contribution in [0.5, 0.6) is 0 Å². The molecule has 1 aliphatic rings. The molecule has 0 amide bonds. The van der Waals surface area contributed by atoms with Gasteiger partial charge in [0.25, 0.3) is 0 Å². The van der Waals surface area contributed by atoms with E-state index in [0.717, 1.165) is 51.8 Å². The van der Waals surface area contributed by atoms with Gasteiger partial charge in [-0.05, 0) is 48.2 Å². The van der Waals surface area contributed by atoms with Gasteiger partial charge in [0.2, 0.25) is 5.95 Å². The summed E-state index contributed by atoms with van der Waals surface area (Å²) in [6.07, 6.45) is 3.51. The number of nitrogens with one attached hydrogen (secondary N) is 1. The summed E-state index contributed by atoms with van der Waals surface area (Å²) in [5, 5.41) is 4.00. The lowest BCUT2D eigenvalue weighted by atomic mass is 9.86. The lowest BCUT2D eigenvalue weighted by molar-refractivity contribution is 0.887. The number of fused-ring (bicyclic) bond motifs is 3. The number of pyridine rings is 1. The Kier molecular flexibility index (Phi) is 4.26. The Morgan fingerprint density at radius 3 is 2.54 bits per heavy atom. The first-order valence-electron chi connectivity index (χ1n) is 9.21. The fourth-order valence-electron chi connectivity index (χ4n) is 3.65. The molecular weight excluding hydrogens is 368 g/mol. The van der Waals surface area contributed by atoms with Crippen molar-refractivity contribution in [1.29, 1.82) is 0 Å². The minimum absolute atomic E-state index is 0.564. The van der Waals surface area contributed by atoms with Crippen molar-refractivity contribution in [2.45, 2.75) is 12.8 Å². The molecule has 2 heterocycles. The third kappa shape index (κ3) is 3.12. The highest BCUT2D eigenvalue weighted by atomic mass is 35.5. The maximum absolute atomic E-state index is 6.23. The van der Waals surface area contributed by atoms with Crippen LogP contribution in [0.4, 0.5) is 11.8 Å². The summed E-state index contributed by atoms with van der Waals surface area (Å²) in [7, 11) is 0. The zero-order valence-corrected chi connectivity index (χ0v) is 15.8. The Morgan fingerprint density at radius 1 is 0.857 bits per heavy atom. The molecule has 0 bridgehead atoms. The molecule has 1 aliphatic carbocycles. The van der Waals surface area contributed by atoms with Crippen LogP contribution in [0.3, 0.4) is 0 Å². The fraction of sp³-hybridized carbons (Fsp3) is 0.0870. The van der Waals surface area contributed by atoms with Crippen LogP contribution in [-0.4, -0.2) is 15.0 Å². The van der Waals surface area contributed by atoms with Gasteiger partial charge >= 0.3 is 0 Å². The highest BCUT2D eigenvalue weighted by molar-refractivity contribution is 6.30. The largest absolute Gasteiger partial charge is 0.309 e. The van der Waals surface area contributed by atoms with Gasteiger partial charge in [-0.2, -0.15) is 0 Å². The van der Waals surface area contributed by atoms with Crippen LogP contribution < -0.4 is 5.32 Å². The van der Waals surface area contributed by atoms with Gasteiger partial charge in [-0.1, -0.05) is 54.1 Å². The van der Waals surface area contributed by atoms with E-state index >= 15 is 0 Å². The van der Waals surface area contributed by atoms with Gasteiger partial charge in [0, 0.05) is 22.3 Å². The van der Waals surface area contributed by atoms with Gasteiger partial charge in [-0.25, -0.2) is 15.0 Å². The number of hydrogen-bond donors (Lipinski definition) is 1. The van der Waals surface area contributed by atoms with Crippen LogP contribution >= 0.6 is 11.6 Å². The second-order valence-corrected chi connectivity index (χ2v) is 7.16.